The smallest absolute Gasteiger partial charge is 0.330 e. The van der Waals surface area contributed by atoms with Crippen molar-refractivity contribution in [2.24, 2.45) is 0 Å². The minimum Gasteiger partial charge on any atom is -0.464 e. The number of amides is 1. The Balaban J connectivity index is 1.78. The average molecular weight is 530 g/mol. The molecule has 1 aliphatic rings. The minimum absolute atomic E-state index is 0.0917. The zero-order chi connectivity index (χ0) is 28.2. The van der Waals surface area contributed by atoms with E-state index < -0.39 is 23.3 Å². The molecule has 1 saturated heterocycles. The molecule has 2 heterocycles. The SMILES string of the molecule is CCOC(=O)C(NC(C)(C(=O)N1CCCC1)c1ccc2[nH]c(=O)c(Cc3cccc(C#N)c3)nc2c1)C(C)=O. The van der Waals surface area contributed by atoms with E-state index >= 15 is 0 Å². The number of carbonyl (C=O) groups excluding carboxylic acids is 3. The second-order valence-electron chi connectivity index (χ2n) is 9.80. The summed E-state index contributed by atoms with van der Waals surface area (Å²) in [6.07, 6.45) is 1.95. The lowest BCUT2D eigenvalue weighted by Crippen LogP contribution is -2.60. The number of ketones is 1. The first-order valence-corrected chi connectivity index (χ1v) is 12.9. The first-order chi connectivity index (χ1) is 18.7. The highest BCUT2D eigenvalue weighted by atomic mass is 16.5. The third kappa shape index (κ3) is 5.89. The van der Waals surface area contributed by atoms with E-state index in [1.54, 1.807) is 55.1 Å². The second kappa shape index (κ2) is 11.6. The number of nitriles is 1. The lowest BCUT2D eigenvalue weighted by Gasteiger charge is -2.36. The molecule has 202 valence electrons. The van der Waals surface area contributed by atoms with Gasteiger partial charge in [-0.3, -0.25) is 19.7 Å². The molecule has 2 atom stereocenters. The lowest BCUT2D eigenvalue weighted by molar-refractivity contribution is -0.150. The number of Topliss-reactive ketones (excluding diaryl/α,β-unsaturated/α-hetero) is 1. The van der Waals surface area contributed by atoms with Crippen LogP contribution in [-0.4, -0.2) is 58.3 Å². The van der Waals surface area contributed by atoms with Gasteiger partial charge in [-0.2, -0.15) is 5.26 Å². The molecule has 39 heavy (non-hydrogen) atoms. The molecule has 0 spiro atoms. The van der Waals surface area contributed by atoms with Crippen molar-refractivity contribution in [2.45, 2.75) is 51.6 Å². The van der Waals surface area contributed by atoms with Crippen LogP contribution in [0.2, 0.25) is 0 Å². The number of fused-ring (bicyclic) bond motifs is 1. The summed E-state index contributed by atoms with van der Waals surface area (Å²) in [5.74, 6) is -1.50. The summed E-state index contributed by atoms with van der Waals surface area (Å²) in [7, 11) is 0. The molecule has 4 rings (SSSR count). The number of nitrogens with zero attached hydrogens (tertiary/aromatic N) is 3. The van der Waals surface area contributed by atoms with Gasteiger partial charge in [-0.15, -0.1) is 0 Å². The van der Waals surface area contributed by atoms with E-state index in [0.29, 0.717) is 35.2 Å². The summed E-state index contributed by atoms with van der Waals surface area (Å²) in [4.78, 5) is 60.9. The molecule has 10 nitrogen and oxygen atoms in total. The molecule has 0 bridgehead atoms. The third-order valence-corrected chi connectivity index (χ3v) is 6.95. The van der Waals surface area contributed by atoms with Gasteiger partial charge in [0.2, 0.25) is 5.91 Å². The number of rotatable bonds is 9. The van der Waals surface area contributed by atoms with Crippen LogP contribution < -0.4 is 10.9 Å². The van der Waals surface area contributed by atoms with Crippen molar-refractivity contribution < 1.29 is 19.1 Å². The number of likely N-dealkylation sites (tertiary alicyclic amines) is 1. The second-order valence-corrected chi connectivity index (χ2v) is 9.80. The topological polar surface area (TPSA) is 145 Å². The highest BCUT2D eigenvalue weighted by Gasteiger charge is 2.43. The van der Waals surface area contributed by atoms with Gasteiger partial charge >= 0.3 is 5.97 Å². The Labute approximate surface area is 226 Å². The van der Waals surface area contributed by atoms with Gasteiger partial charge in [0.15, 0.2) is 11.8 Å². The van der Waals surface area contributed by atoms with Crippen molar-refractivity contribution in [1.29, 1.82) is 5.26 Å². The molecule has 2 unspecified atom stereocenters. The van der Waals surface area contributed by atoms with Crippen molar-refractivity contribution in [3.63, 3.8) is 0 Å². The largest absolute Gasteiger partial charge is 0.464 e. The number of ether oxygens (including phenoxy) is 1. The summed E-state index contributed by atoms with van der Waals surface area (Å²) in [5, 5.41) is 12.2. The molecule has 2 N–H and O–H groups in total. The molecule has 1 fully saturated rings. The molecule has 2 aromatic carbocycles. The van der Waals surface area contributed by atoms with E-state index in [-0.39, 0.29) is 30.2 Å². The number of esters is 1. The monoisotopic (exact) mass is 529 g/mol. The van der Waals surface area contributed by atoms with E-state index in [0.717, 1.165) is 18.4 Å². The number of H-pyrrole nitrogens is 1. The third-order valence-electron chi connectivity index (χ3n) is 6.95. The normalized spacial score (nSPS) is 15.4. The van der Waals surface area contributed by atoms with Gasteiger partial charge in [0.1, 0.15) is 11.2 Å². The lowest BCUT2D eigenvalue weighted by atomic mass is 9.88. The predicted molar refractivity (Wildman–Crippen MR) is 144 cm³/mol. The number of hydrogen-bond donors (Lipinski definition) is 2. The maximum Gasteiger partial charge on any atom is 0.330 e. The van der Waals surface area contributed by atoms with Crippen molar-refractivity contribution >= 4 is 28.7 Å². The molecule has 3 aromatic rings. The molecule has 0 saturated carbocycles. The van der Waals surface area contributed by atoms with E-state index in [1.165, 1.54) is 6.92 Å². The fraction of sp³-hybridized carbons (Fsp3) is 0.379. The summed E-state index contributed by atoms with van der Waals surface area (Å²) < 4.78 is 5.11. The van der Waals surface area contributed by atoms with E-state index in [4.69, 9.17) is 4.74 Å². The Bertz CT molecular complexity index is 1520. The van der Waals surface area contributed by atoms with E-state index in [2.05, 4.69) is 21.4 Å². The molecule has 10 heteroatoms. The molecule has 1 amide bonds. The van der Waals surface area contributed by atoms with Gasteiger partial charge in [0.25, 0.3) is 5.56 Å². The zero-order valence-electron chi connectivity index (χ0n) is 22.2. The van der Waals surface area contributed by atoms with Crippen LogP contribution in [0, 0.1) is 11.3 Å². The molecule has 0 aliphatic carbocycles. The number of hydrogen-bond acceptors (Lipinski definition) is 8. The summed E-state index contributed by atoms with van der Waals surface area (Å²) >= 11 is 0. The van der Waals surface area contributed by atoms with Crippen LogP contribution in [0.15, 0.2) is 47.3 Å². The number of benzene rings is 2. The van der Waals surface area contributed by atoms with E-state index in [1.807, 2.05) is 6.07 Å². The van der Waals surface area contributed by atoms with Gasteiger partial charge in [0.05, 0.1) is 29.3 Å². The van der Waals surface area contributed by atoms with Crippen LogP contribution in [0.3, 0.4) is 0 Å². The van der Waals surface area contributed by atoms with Gasteiger partial charge in [-0.05, 0) is 69.0 Å². The highest BCUT2D eigenvalue weighted by molar-refractivity contribution is 6.03. The number of nitrogens with one attached hydrogen (secondary N) is 2. The van der Waals surface area contributed by atoms with Crippen LogP contribution in [0.4, 0.5) is 0 Å². The first-order valence-electron chi connectivity index (χ1n) is 12.9. The first kappa shape index (κ1) is 27.7. The van der Waals surface area contributed by atoms with Crippen LogP contribution in [-0.2, 0) is 31.1 Å². The number of aromatic amines is 1. The standard InChI is InChI=1S/C29H31N5O5/c1-4-39-27(37)25(18(2)35)33-29(3,28(38)34-12-5-6-13-34)21-10-11-22-23(16-21)31-24(26(36)32-22)15-19-8-7-9-20(14-19)17-30/h7-11,14,16,25,33H,4-6,12-13,15H2,1-3H3,(H,32,36). The summed E-state index contributed by atoms with van der Waals surface area (Å²) in [6, 6.07) is 12.7. The Morgan fingerprint density at radius 1 is 1.21 bits per heavy atom. The Hall–Kier alpha value is -4.36. The van der Waals surface area contributed by atoms with Gasteiger partial charge < -0.3 is 14.6 Å². The average Bonchev–Trinajstić information content (AvgIpc) is 3.46. The van der Waals surface area contributed by atoms with Crippen molar-refractivity contribution in [1.82, 2.24) is 20.2 Å². The molecular formula is C29H31N5O5. The van der Waals surface area contributed by atoms with Crippen LogP contribution >= 0.6 is 0 Å². The summed E-state index contributed by atoms with van der Waals surface area (Å²) in [6.45, 7) is 5.80. The van der Waals surface area contributed by atoms with Crippen molar-refractivity contribution in [3.05, 3.63) is 75.2 Å². The summed E-state index contributed by atoms with van der Waals surface area (Å²) in [5.41, 5.74) is 1.08. The zero-order valence-corrected chi connectivity index (χ0v) is 22.2. The van der Waals surface area contributed by atoms with Crippen LogP contribution in [0.1, 0.15) is 56.0 Å². The number of carbonyl (C=O) groups is 3. The molecule has 1 aromatic heterocycles. The quantitative estimate of drug-likeness (QED) is 0.317. The van der Waals surface area contributed by atoms with E-state index in [9.17, 15) is 24.4 Å². The molecular weight excluding hydrogens is 498 g/mol. The van der Waals surface area contributed by atoms with Crippen LogP contribution in [0.25, 0.3) is 11.0 Å². The highest BCUT2D eigenvalue weighted by Crippen LogP contribution is 2.29. The van der Waals surface area contributed by atoms with Crippen molar-refractivity contribution in [3.8, 4) is 6.07 Å². The van der Waals surface area contributed by atoms with Gasteiger partial charge in [-0.25, -0.2) is 9.78 Å². The maximum absolute atomic E-state index is 13.9. The number of aromatic nitrogens is 2. The fourth-order valence-corrected chi connectivity index (χ4v) is 4.84. The van der Waals surface area contributed by atoms with Gasteiger partial charge in [0, 0.05) is 19.5 Å². The predicted octanol–water partition coefficient (Wildman–Crippen LogP) is 2.33. The van der Waals surface area contributed by atoms with Gasteiger partial charge in [-0.1, -0.05) is 18.2 Å². The Morgan fingerprint density at radius 3 is 2.62 bits per heavy atom. The fourth-order valence-electron chi connectivity index (χ4n) is 4.84. The molecule has 0 radical (unpaired) electrons. The molecule has 1 aliphatic heterocycles. The Kier molecular flexibility index (Phi) is 8.21. The van der Waals surface area contributed by atoms with Crippen LogP contribution in [0.5, 0.6) is 0 Å². The maximum atomic E-state index is 13.9. The van der Waals surface area contributed by atoms with Crippen molar-refractivity contribution in [2.75, 3.05) is 19.7 Å². The minimum atomic E-state index is -1.46. The Morgan fingerprint density at radius 2 is 1.95 bits per heavy atom.